The number of hydrogen-bond acceptors (Lipinski definition) is 5. The van der Waals surface area contributed by atoms with Crippen LogP contribution in [0.4, 0.5) is 5.69 Å². The number of rotatable bonds is 3. The summed E-state index contributed by atoms with van der Waals surface area (Å²) >= 11 is 0. The fraction of sp³-hybridized carbons (Fsp3) is 0.417. The zero-order valence-corrected chi connectivity index (χ0v) is 10.1. The molecule has 2 amide bonds. The number of nitrogens with one attached hydrogen (secondary N) is 1. The lowest BCUT2D eigenvalue weighted by atomic mass is 10.2. The van der Waals surface area contributed by atoms with Gasteiger partial charge in [0, 0.05) is 19.0 Å². The first-order valence-electron chi connectivity index (χ1n) is 5.95. The maximum absolute atomic E-state index is 11.8. The van der Waals surface area contributed by atoms with E-state index in [1.54, 1.807) is 18.3 Å². The van der Waals surface area contributed by atoms with Crippen molar-refractivity contribution < 1.29 is 9.59 Å². The summed E-state index contributed by atoms with van der Waals surface area (Å²) in [5, 5.41) is 0. The molecule has 0 aromatic carbocycles. The number of imide groups is 1. The van der Waals surface area contributed by atoms with E-state index in [4.69, 9.17) is 5.84 Å². The van der Waals surface area contributed by atoms with Gasteiger partial charge in [-0.15, -0.1) is 0 Å². The Balaban J connectivity index is 2.14. The molecule has 0 atom stereocenters. The van der Waals surface area contributed by atoms with Crippen LogP contribution in [0.15, 0.2) is 18.3 Å². The van der Waals surface area contributed by atoms with Crippen molar-refractivity contribution in [1.82, 2.24) is 9.88 Å². The van der Waals surface area contributed by atoms with Gasteiger partial charge in [0.05, 0.1) is 17.9 Å². The van der Waals surface area contributed by atoms with Crippen LogP contribution in [-0.2, 0) is 16.1 Å². The molecule has 0 unspecified atom stereocenters. The standard InChI is InChI=1S/C12H16N4O2/c13-15-9-5-6-14-10(7-9)8-16-11(17)3-1-2-4-12(16)18/h5-7H,1-4,8,13H2,(H,14,15). The number of pyridine rings is 1. The van der Waals surface area contributed by atoms with Crippen LogP contribution < -0.4 is 11.3 Å². The Morgan fingerprint density at radius 1 is 1.28 bits per heavy atom. The molecule has 1 aliphatic heterocycles. The monoisotopic (exact) mass is 248 g/mol. The summed E-state index contributed by atoms with van der Waals surface area (Å²) in [5.41, 5.74) is 3.86. The maximum Gasteiger partial charge on any atom is 0.229 e. The smallest absolute Gasteiger partial charge is 0.229 e. The molecule has 2 heterocycles. The molecule has 1 aromatic rings. The highest BCUT2D eigenvalue weighted by atomic mass is 16.2. The average Bonchev–Trinajstić information content (AvgIpc) is 2.54. The lowest BCUT2D eigenvalue weighted by Gasteiger charge is -2.18. The summed E-state index contributed by atoms with van der Waals surface area (Å²) in [6.07, 6.45) is 4.01. The molecule has 0 spiro atoms. The minimum absolute atomic E-state index is 0.120. The number of nitrogens with two attached hydrogens (primary N) is 1. The van der Waals surface area contributed by atoms with Gasteiger partial charge in [-0.05, 0) is 25.0 Å². The predicted octanol–water partition coefficient (Wildman–Crippen LogP) is 0.796. The van der Waals surface area contributed by atoms with E-state index in [9.17, 15) is 9.59 Å². The molecular weight excluding hydrogens is 232 g/mol. The van der Waals surface area contributed by atoms with E-state index in [0.717, 1.165) is 12.8 Å². The predicted molar refractivity (Wildman–Crippen MR) is 66.1 cm³/mol. The van der Waals surface area contributed by atoms with Gasteiger partial charge in [0.15, 0.2) is 0 Å². The molecular formula is C12H16N4O2. The second-order valence-electron chi connectivity index (χ2n) is 4.26. The number of amides is 2. The molecule has 6 nitrogen and oxygen atoms in total. The molecule has 3 N–H and O–H groups in total. The number of nitrogens with zero attached hydrogens (tertiary/aromatic N) is 2. The fourth-order valence-corrected chi connectivity index (χ4v) is 1.95. The van der Waals surface area contributed by atoms with Crippen LogP contribution in [-0.4, -0.2) is 21.7 Å². The van der Waals surface area contributed by atoms with Crippen molar-refractivity contribution in [2.75, 3.05) is 5.43 Å². The highest BCUT2D eigenvalue weighted by Crippen LogP contribution is 2.16. The number of nitrogen functional groups attached to an aromatic ring is 1. The number of hydrazine groups is 1. The largest absolute Gasteiger partial charge is 0.324 e. The van der Waals surface area contributed by atoms with Gasteiger partial charge in [0.1, 0.15) is 0 Å². The number of carbonyl (C=O) groups excluding carboxylic acids is 2. The van der Waals surface area contributed by atoms with Gasteiger partial charge in [0.25, 0.3) is 0 Å². The van der Waals surface area contributed by atoms with E-state index in [1.807, 2.05) is 0 Å². The topological polar surface area (TPSA) is 88.3 Å². The third-order valence-corrected chi connectivity index (χ3v) is 2.94. The lowest BCUT2D eigenvalue weighted by molar-refractivity contribution is -0.144. The van der Waals surface area contributed by atoms with E-state index in [1.165, 1.54) is 4.90 Å². The van der Waals surface area contributed by atoms with Gasteiger partial charge >= 0.3 is 0 Å². The normalized spacial score (nSPS) is 16.6. The van der Waals surface area contributed by atoms with Gasteiger partial charge in [-0.25, -0.2) is 0 Å². The fourth-order valence-electron chi connectivity index (χ4n) is 1.95. The van der Waals surface area contributed by atoms with Crippen molar-refractivity contribution in [3.63, 3.8) is 0 Å². The first kappa shape index (κ1) is 12.5. The number of anilines is 1. The first-order valence-corrected chi connectivity index (χ1v) is 5.95. The molecule has 6 heteroatoms. The molecule has 0 bridgehead atoms. The van der Waals surface area contributed by atoms with Crippen molar-refractivity contribution in [2.45, 2.75) is 32.2 Å². The van der Waals surface area contributed by atoms with Crippen molar-refractivity contribution in [2.24, 2.45) is 5.84 Å². The Hall–Kier alpha value is -1.95. The van der Waals surface area contributed by atoms with E-state index < -0.39 is 0 Å². The van der Waals surface area contributed by atoms with Crippen molar-refractivity contribution in [1.29, 1.82) is 0 Å². The van der Waals surface area contributed by atoms with E-state index in [2.05, 4.69) is 10.4 Å². The van der Waals surface area contributed by atoms with Crippen LogP contribution in [0, 0.1) is 0 Å². The summed E-state index contributed by atoms with van der Waals surface area (Å²) in [6, 6.07) is 3.45. The second-order valence-corrected chi connectivity index (χ2v) is 4.26. The summed E-state index contributed by atoms with van der Waals surface area (Å²) in [4.78, 5) is 29.1. The molecule has 1 aromatic heterocycles. The number of hydrogen-bond donors (Lipinski definition) is 2. The lowest BCUT2D eigenvalue weighted by Crippen LogP contribution is -2.34. The Kier molecular flexibility index (Phi) is 3.88. The Bertz CT molecular complexity index is 443. The quantitative estimate of drug-likeness (QED) is 0.469. The molecule has 96 valence electrons. The van der Waals surface area contributed by atoms with Crippen LogP contribution in [0.25, 0.3) is 0 Å². The van der Waals surface area contributed by atoms with Gasteiger partial charge in [-0.2, -0.15) is 0 Å². The van der Waals surface area contributed by atoms with Crippen molar-refractivity contribution in [3.8, 4) is 0 Å². The third-order valence-electron chi connectivity index (χ3n) is 2.94. The molecule has 0 saturated carbocycles. The van der Waals surface area contributed by atoms with Gasteiger partial charge in [0.2, 0.25) is 11.8 Å². The van der Waals surface area contributed by atoms with Crippen LogP contribution in [0.1, 0.15) is 31.4 Å². The third kappa shape index (κ3) is 2.84. The molecule has 1 saturated heterocycles. The Labute approximate surface area is 105 Å². The molecule has 2 rings (SSSR count). The number of aromatic nitrogens is 1. The first-order chi connectivity index (χ1) is 8.70. The van der Waals surface area contributed by atoms with E-state index in [0.29, 0.717) is 24.2 Å². The second kappa shape index (κ2) is 5.59. The van der Waals surface area contributed by atoms with Gasteiger partial charge < -0.3 is 5.43 Å². The number of likely N-dealkylation sites (tertiary alicyclic amines) is 1. The molecule has 1 fully saturated rings. The maximum atomic E-state index is 11.8. The molecule has 18 heavy (non-hydrogen) atoms. The summed E-state index contributed by atoms with van der Waals surface area (Å²) in [7, 11) is 0. The summed E-state index contributed by atoms with van der Waals surface area (Å²) in [6.45, 7) is 0.215. The van der Waals surface area contributed by atoms with Crippen LogP contribution in [0.3, 0.4) is 0 Å². The highest BCUT2D eigenvalue weighted by molar-refractivity contribution is 5.95. The van der Waals surface area contributed by atoms with E-state index >= 15 is 0 Å². The Morgan fingerprint density at radius 2 is 1.94 bits per heavy atom. The van der Waals surface area contributed by atoms with Crippen LogP contribution in [0.5, 0.6) is 0 Å². The summed E-state index contributed by atoms with van der Waals surface area (Å²) < 4.78 is 0. The van der Waals surface area contributed by atoms with Crippen molar-refractivity contribution in [3.05, 3.63) is 24.0 Å². The highest BCUT2D eigenvalue weighted by Gasteiger charge is 2.24. The minimum Gasteiger partial charge on any atom is -0.324 e. The van der Waals surface area contributed by atoms with Gasteiger partial charge in [-0.1, -0.05) is 0 Å². The molecule has 0 aliphatic carbocycles. The van der Waals surface area contributed by atoms with Crippen molar-refractivity contribution >= 4 is 17.5 Å². The minimum atomic E-state index is -0.120. The molecule has 1 aliphatic rings. The number of carbonyl (C=O) groups is 2. The Morgan fingerprint density at radius 3 is 2.56 bits per heavy atom. The zero-order chi connectivity index (χ0) is 13.0. The molecule has 0 radical (unpaired) electrons. The summed E-state index contributed by atoms with van der Waals surface area (Å²) in [5.74, 6) is 5.07. The van der Waals surface area contributed by atoms with E-state index in [-0.39, 0.29) is 18.4 Å². The van der Waals surface area contributed by atoms with Gasteiger partial charge in [-0.3, -0.25) is 25.3 Å². The van der Waals surface area contributed by atoms with Crippen LogP contribution in [0.2, 0.25) is 0 Å². The SMILES string of the molecule is NNc1ccnc(CN2C(=O)CCCCC2=O)c1. The average molecular weight is 248 g/mol. The van der Waals surface area contributed by atoms with Crippen LogP contribution >= 0.6 is 0 Å². The zero-order valence-electron chi connectivity index (χ0n) is 10.1.